The van der Waals surface area contributed by atoms with E-state index in [4.69, 9.17) is 22.6 Å². The highest BCUT2D eigenvalue weighted by atomic mass is 35.5. The molecule has 0 unspecified atom stereocenters. The highest BCUT2D eigenvalue weighted by Gasteiger charge is 2.09. The zero-order valence-corrected chi connectivity index (χ0v) is 10.2. The van der Waals surface area contributed by atoms with Gasteiger partial charge in [0.25, 0.3) is 0 Å². The Morgan fingerprint density at radius 3 is 2.88 bits per heavy atom. The van der Waals surface area contributed by atoms with Crippen molar-refractivity contribution in [3.05, 3.63) is 41.2 Å². The summed E-state index contributed by atoms with van der Waals surface area (Å²) in [6, 6.07) is 7.10. The van der Waals surface area contributed by atoms with Crippen molar-refractivity contribution < 1.29 is 0 Å². The summed E-state index contributed by atoms with van der Waals surface area (Å²) in [5.74, 6) is 0. The van der Waals surface area contributed by atoms with Gasteiger partial charge in [0, 0.05) is 6.20 Å². The van der Waals surface area contributed by atoms with Crippen molar-refractivity contribution in [3.8, 4) is 6.07 Å². The van der Waals surface area contributed by atoms with Crippen LogP contribution in [0.4, 0.5) is 5.69 Å². The Morgan fingerprint density at radius 1 is 1.35 bits per heavy atom. The molecule has 4 nitrogen and oxygen atoms in total. The van der Waals surface area contributed by atoms with Gasteiger partial charge in [-0.2, -0.15) is 5.26 Å². The second-order valence-electron chi connectivity index (χ2n) is 3.13. The lowest BCUT2D eigenvalue weighted by molar-refractivity contribution is 1.08. The zero-order valence-electron chi connectivity index (χ0n) is 8.59. The van der Waals surface area contributed by atoms with Crippen molar-refractivity contribution in [2.45, 2.75) is 10.1 Å². The minimum atomic E-state index is 0.414. The summed E-state index contributed by atoms with van der Waals surface area (Å²) in [5, 5.41) is 10.7. The molecule has 0 bridgehead atoms. The third-order valence-electron chi connectivity index (χ3n) is 1.91. The number of nitriles is 1. The van der Waals surface area contributed by atoms with Crippen LogP contribution in [0.2, 0.25) is 5.02 Å². The number of nitrogen functional groups attached to an aromatic ring is 1. The summed E-state index contributed by atoms with van der Waals surface area (Å²) in [7, 11) is 0. The Bertz CT molecular complexity index is 594. The lowest BCUT2D eigenvalue weighted by atomic mass is 10.3. The first-order chi connectivity index (χ1) is 8.20. The van der Waals surface area contributed by atoms with Gasteiger partial charge in [-0.3, -0.25) is 0 Å². The number of pyridine rings is 2. The number of nitrogens with zero attached hydrogens (tertiary/aromatic N) is 3. The molecule has 0 aliphatic rings. The predicted molar refractivity (Wildman–Crippen MR) is 66.7 cm³/mol. The molecule has 17 heavy (non-hydrogen) atoms. The van der Waals surface area contributed by atoms with Gasteiger partial charge >= 0.3 is 0 Å². The Kier molecular flexibility index (Phi) is 3.47. The van der Waals surface area contributed by atoms with Crippen molar-refractivity contribution in [3.63, 3.8) is 0 Å². The molecule has 2 N–H and O–H groups in total. The standard InChI is InChI=1S/C11H7ClN4S/c12-9-2-1-3-15-11(9)17-10-7(5-13)4-8(14)6-16-10/h1-4,6H,14H2. The summed E-state index contributed by atoms with van der Waals surface area (Å²) in [4.78, 5) is 8.22. The van der Waals surface area contributed by atoms with Gasteiger partial charge in [0.2, 0.25) is 0 Å². The first-order valence-electron chi connectivity index (χ1n) is 4.64. The van der Waals surface area contributed by atoms with Crippen LogP contribution in [0.5, 0.6) is 0 Å². The second kappa shape index (κ2) is 5.04. The van der Waals surface area contributed by atoms with Gasteiger partial charge in [-0.05, 0) is 30.0 Å². The molecule has 0 spiro atoms. The first-order valence-corrected chi connectivity index (χ1v) is 5.84. The number of halogens is 1. The molecule has 0 saturated heterocycles. The Morgan fingerprint density at radius 2 is 2.18 bits per heavy atom. The molecule has 0 amide bonds. The molecule has 84 valence electrons. The quantitative estimate of drug-likeness (QED) is 0.901. The van der Waals surface area contributed by atoms with Crippen molar-refractivity contribution in [1.29, 1.82) is 5.26 Å². The minimum Gasteiger partial charge on any atom is -0.397 e. The molecule has 2 heterocycles. The van der Waals surface area contributed by atoms with E-state index in [2.05, 4.69) is 9.97 Å². The van der Waals surface area contributed by atoms with Crippen molar-refractivity contribution >= 4 is 29.1 Å². The maximum absolute atomic E-state index is 8.98. The Labute approximate surface area is 107 Å². The second-order valence-corrected chi connectivity index (χ2v) is 4.51. The summed E-state index contributed by atoms with van der Waals surface area (Å²) in [6.45, 7) is 0. The van der Waals surface area contributed by atoms with Gasteiger partial charge in [0.05, 0.1) is 22.5 Å². The minimum absolute atomic E-state index is 0.414. The van der Waals surface area contributed by atoms with E-state index in [1.54, 1.807) is 24.4 Å². The largest absolute Gasteiger partial charge is 0.397 e. The highest BCUT2D eigenvalue weighted by Crippen LogP contribution is 2.32. The number of rotatable bonds is 2. The summed E-state index contributed by atoms with van der Waals surface area (Å²) in [6.07, 6.45) is 3.14. The first kappa shape index (κ1) is 11.7. The van der Waals surface area contributed by atoms with E-state index in [1.807, 2.05) is 6.07 Å². The number of hydrogen-bond donors (Lipinski definition) is 1. The van der Waals surface area contributed by atoms with Crippen molar-refractivity contribution in [2.24, 2.45) is 0 Å². The van der Waals surface area contributed by atoms with Crippen LogP contribution in [0.25, 0.3) is 0 Å². The van der Waals surface area contributed by atoms with Gasteiger partial charge in [-0.1, -0.05) is 11.6 Å². The highest BCUT2D eigenvalue weighted by molar-refractivity contribution is 7.99. The molecule has 0 aliphatic carbocycles. The molecule has 2 rings (SSSR count). The molecule has 0 fully saturated rings. The molecule has 0 aliphatic heterocycles. The van der Waals surface area contributed by atoms with Gasteiger partial charge in [0.1, 0.15) is 16.1 Å². The van der Waals surface area contributed by atoms with Crippen LogP contribution in [0.3, 0.4) is 0 Å². The molecule has 0 atom stereocenters. The number of anilines is 1. The smallest absolute Gasteiger partial charge is 0.121 e. The van der Waals surface area contributed by atoms with Crippen LogP contribution in [-0.4, -0.2) is 9.97 Å². The van der Waals surface area contributed by atoms with E-state index < -0.39 is 0 Å². The average Bonchev–Trinajstić information content (AvgIpc) is 2.34. The fraction of sp³-hybridized carbons (Fsp3) is 0. The van der Waals surface area contributed by atoms with E-state index in [9.17, 15) is 0 Å². The Hall–Kier alpha value is -1.77. The number of aromatic nitrogens is 2. The molecular weight excluding hydrogens is 256 g/mol. The fourth-order valence-corrected chi connectivity index (χ4v) is 2.19. The van der Waals surface area contributed by atoms with E-state index in [0.29, 0.717) is 26.3 Å². The fourth-order valence-electron chi connectivity index (χ4n) is 1.17. The van der Waals surface area contributed by atoms with Crippen LogP contribution in [0.1, 0.15) is 5.56 Å². The molecule has 6 heteroatoms. The summed E-state index contributed by atoms with van der Waals surface area (Å²) >= 11 is 7.22. The SMILES string of the molecule is N#Cc1cc(N)cnc1Sc1ncccc1Cl. The third-order valence-corrected chi connectivity index (χ3v) is 3.37. The number of nitrogens with two attached hydrogens (primary N) is 1. The van der Waals surface area contributed by atoms with Gasteiger partial charge in [-0.15, -0.1) is 0 Å². The van der Waals surface area contributed by atoms with Crippen LogP contribution in [0.15, 0.2) is 40.6 Å². The molecule has 0 saturated carbocycles. The van der Waals surface area contributed by atoms with E-state index in [-0.39, 0.29) is 0 Å². The monoisotopic (exact) mass is 262 g/mol. The third kappa shape index (κ3) is 2.67. The summed E-state index contributed by atoms with van der Waals surface area (Å²) < 4.78 is 0. The normalized spacial score (nSPS) is 9.88. The van der Waals surface area contributed by atoms with Crippen LogP contribution in [-0.2, 0) is 0 Å². The lowest BCUT2D eigenvalue weighted by Gasteiger charge is -2.04. The summed E-state index contributed by atoms with van der Waals surface area (Å²) in [5.41, 5.74) is 6.43. The van der Waals surface area contributed by atoms with Crippen molar-refractivity contribution in [2.75, 3.05) is 5.73 Å². The van der Waals surface area contributed by atoms with Gasteiger partial charge in [-0.25, -0.2) is 9.97 Å². The van der Waals surface area contributed by atoms with E-state index in [1.165, 1.54) is 18.0 Å². The van der Waals surface area contributed by atoms with Gasteiger partial charge < -0.3 is 5.73 Å². The Balaban J connectivity index is 2.37. The van der Waals surface area contributed by atoms with E-state index in [0.717, 1.165) is 0 Å². The molecule has 2 aromatic heterocycles. The van der Waals surface area contributed by atoms with Gasteiger partial charge in [0.15, 0.2) is 0 Å². The van der Waals surface area contributed by atoms with Crippen LogP contribution >= 0.6 is 23.4 Å². The molecule has 0 radical (unpaired) electrons. The maximum Gasteiger partial charge on any atom is 0.121 e. The van der Waals surface area contributed by atoms with Crippen LogP contribution in [0, 0.1) is 11.3 Å². The molecule has 2 aromatic rings. The zero-order chi connectivity index (χ0) is 12.3. The van der Waals surface area contributed by atoms with Crippen molar-refractivity contribution in [1.82, 2.24) is 9.97 Å². The van der Waals surface area contributed by atoms with Crippen LogP contribution < -0.4 is 5.73 Å². The topological polar surface area (TPSA) is 75.6 Å². The number of hydrogen-bond acceptors (Lipinski definition) is 5. The molecular formula is C11H7ClN4S. The molecule has 0 aromatic carbocycles. The van der Waals surface area contributed by atoms with E-state index >= 15 is 0 Å². The maximum atomic E-state index is 8.98. The average molecular weight is 263 g/mol. The predicted octanol–water partition coefficient (Wildman–Crippen LogP) is 2.74. The lowest BCUT2D eigenvalue weighted by Crippen LogP contribution is -1.92.